The average Bonchev–Trinajstić information content (AvgIpc) is 3.20. The quantitative estimate of drug-likeness (QED) is 0.731. The minimum absolute atomic E-state index is 0.0435. The van der Waals surface area contributed by atoms with E-state index >= 15 is 0 Å². The highest BCUT2D eigenvalue weighted by Crippen LogP contribution is 2.25. The van der Waals surface area contributed by atoms with Gasteiger partial charge < -0.3 is 19.3 Å². The number of methoxy groups -OCH3 is 1. The first-order valence-electron chi connectivity index (χ1n) is 9.84. The van der Waals surface area contributed by atoms with E-state index in [1.165, 1.54) is 0 Å². The maximum atomic E-state index is 12.5. The topological polar surface area (TPSA) is 71.4 Å². The number of rotatable bonds is 4. The van der Waals surface area contributed by atoms with Gasteiger partial charge in [-0.15, -0.1) is 0 Å². The molecule has 154 valence electrons. The van der Waals surface area contributed by atoms with Gasteiger partial charge in [-0.05, 0) is 23.8 Å². The second kappa shape index (κ2) is 8.82. The SMILES string of the molecule is COc1ccc(/C=C/C(=O)N2CCN(C3=NC(=O)C(c4ccccc4)O3)CC2)cc1. The van der Waals surface area contributed by atoms with Crippen molar-refractivity contribution in [2.75, 3.05) is 33.3 Å². The Kier molecular flexibility index (Phi) is 5.79. The largest absolute Gasteiger partial charge is 0.497 e. The zero-order chi connectivity index (χ0) is 20.9. The predicted molar refractivity (Wildman–Crippen MR) is 113 cm³/mol. The van der Waals surface area contributed by atoms with Gasteiger partial charge in [0.2, 0.25) is 12.0 Å². The minimum atomic E-state index is -0.687. The van der Waals surface area contributed by atoms with Crippen LogP contribution in [-0.4, -0.2) is 60.9 Å². The lowest BCUT2D eigenvalue weighted by Crippen LogP contribution is -2.50. The van der Waals surface area contributed by atoms with Gasteiger partial charge in [0.05, 0.1) is 7.11 Å². The molecular weight excluding hydrogens is 382 g/mol. The molecule has 2 aliphatic rings. The second-order valence-electron chi connectivity index (χ2n) is 7.06. The van der Waals surface area contributed by atoms with Crippen LogP contribution in [0, 0.1) is 0 Å². The standard InChI is InChI=1S/C23H23N3O4/c1-29-19-10-7-17(8-11-19)9-12-20(27)25-13-15-26(16-14-25)23-24-22(28)21(30-23)18-5-3-2-4-6-18/h2-12,21H,13-16H2,1H3/b12-9+. The summed E-state index contributed by atoms with van der Waals surface area (Å²) in [6.45, 7) is 2.21. The second-order valence-corrected chi connectivity index (χ2v) is 7.06. The number of amides is 2. The highest BCUT2D eigenvalue weighted by molar-refractivity contribution is 5.99. The summed E-state index contributed by atoms with van der Waals surface area (Å²) < 4.78 is 11.0. The highest BCUT2D eigenvalue weighted by Gasteiger charge is 2.34. The van der Waals surface area contributed by atoms with E-state index in [-0.39, 0.29) is 11.8 Å². The van der Waals surface area contributed by atoms with Crippen molar-refractivity contribution in [2.24, 2.45) is 4.99 Å². The molecule has 1 atom stereocenters. The van der Waals surface area contributed by atoms with Crippen LogP contribution in [0.2, 0.25) is 0 Å². The van der Waals surface area contributed by atoms with Crippen LogP contribution in [0.15, 0.2) is 65.7 Å². The van der Waals surface area contributed by atoms with Gasteiger partial charge in [-0.3, -0.25) is 9.59 Å². The molecule has 0 saturated carbocycles. The Morgan fingerprint density at radius 1 is 1.07 bits per heavy atom. The Balaban J connectivity index is 1.30. The Morgan fingerprint density at radius 3 is 2.43 bits per heavy atom. The summed E-state index contributed by atoms with van der Waals surface area (Å²) in [6, 6.07) is 17.2. The lowest BCUT2D eigenvalue weighted by molar-refractivity contribution is -0.127. The molecule has 1 fully saturated rings. The van der Waals surface area contributed by atoms with E-state index < -0.39 is 6.10 Å². The summed E-state index contributed by atoms with van der Waals surface area (Å²) in [7, 11) is 1.62. The van der Waals surface area contributed by atoms with Gasteiger partial charge in [-0.2, -0.15) is 4.99 Å². The lowest BCUT2D eigenvalue weighted by atomic mass is 10.1. The van der Waals surface area contributed by atoms with Crippen molar-refractivity contribution in [1.82, 2.24) is 9.80 Å². The number of carbonyl (C=O) groups excluding carboxylic acids is 2. The summed E-state index contributed by atoms with van der Waals surface area (Å²) in [4.78, 5) is 32.5. The van der Waals surface area contributed by atoms with Crippen molar-refractivity contribution in [1.29, 1.82) is 0 Å². The van der Waals surface area contributed by atoms with E-state index in [0.29, 0.717) is 32.2 Å². The van der Waals surface area contributed by atoms with Crippen molar-refractivity contribution >= 4 is 23.9 Å². The van der Waals surface area contributed by atoms with Crippen LogP contribution in [-0.2, 0) is 14.3 Å². The molecule has 0 aliphatic carbocycles. The molecule has 2 aromatic carbocycles. The van der Waals surface area contributed by atoms with Crippen LogP contribution in [0.25, 0.3) is 6.08 Å². The molecule has 0 bridgehead atoms. The molecule has 2 aliphatic heterocycles. The molecule has 2 heterocycles. The Hall–Kier alpha value is -3.61. The van der Waals surface area contributed by atoms with E-state index in [4.69, 9.17) is 9.47 Å². The third kappa shape index (κ3) is 4.35. The van der Waals surface area contributed by atoms with Crippen molar-refractivity contribution in [3.63, 3.8) is 0 Å². The summed E-state index contributed by atoms with van der Waals surface area (Å²) >= 11 is 0. The predicted octanol–water partition coefficient (Wildman–Crippen LogP) is 2.51. The molecule has 7 heteroatoms. The number of hydrogen-bond acceptors (Lipinski definition) is 5. The van der Waals surface area contributed by atoms with Gasteiger partial charge in [0.1, 0.15) is 5.75 Å². The molecule has 2 aromatic rings. The minimum Gasteiger partial charge on any atom is -0.497 e. The summed E-state index contributed by atoms with van der Waals surface area (Å²) in [5.74, 6) is 0.440. The zero-order valence-electron chi connectivity index (χ0n) is 16.7. The van der Waals surface area contributed by atoms with E-state index in [0.717, 1.165) is 16.9 Å². The number of benzene rings is 2. The first-order chi connectivity index (χ1) is 14.6. The molecule has 4 rings (SSSR count). The number of ether oxygens (including phenoxy) is 2. The van der Waals surface area contributed by atoms with Crippen LogP contribution in [0.5, 0.6) is 5.75 Å². The van der Waals surface area contributed by atoms with Gasteiger partial charge in [-0.25, -0.2) is 0 Å². The van der Waals surface area contributed by atoms with Gasteiger partial charge in [-0.1, -0.05) is 42.5 Å². The van der Waals surface area contributed by atoms with Crippen LogP contribution < -0.4 is 4.74 Å². The zero-order valence-corrected chi connectivity index (χ0v) is 16.7. The van der Waals surface area contributed by atoms with E-state index in [1.807, 2.05) is 59.5 Å². The van der Waals surface area contributed by atoms with Crippen molar-refractivity contribution in [3.8, 4) is 5.75 Å². The first-order valence-corrected chi connectivity index (χ1v) is 9.84. The highest BCUT2D eigenvalue weighted by atomic mass is 16.5. The number of aliphatic imine (C=N–C) groups is 1. The Bertz CT molecular complexity index is 962. The van der Waals surface area contributed by atoms with Gasteiger partial charge in [0.15, 0.2) is 0 Å². The number of amidine groups is 1. The molecule has 2 amide bonds. The first kappa shape index (κ1) is 19.7. The Morgan fingerprint density at radius 2 is 1.77 bits per heavy atom. The fraction of sp³-hybridized carbons (Fsp3) is 0.261. The molecule has 1 saturated heterocycles. The van der Waals surface area contributed by atoms with Gasteiger partial charge in [0.25, 0.3) is 11.9 Å². The normalized spacial score (nSPS) is 19.0. The van der Waals surface area contributed by atoms with E-state index in [1.54, 1.807) is 24.2 Å². The van der Waals surface area contributed by atoms with Crippen LogP contribution in [0.3, 0.4) is 0 Å². The number of nitrogens with zero attached hydrogens (tertiary/aromatic N) is 3. The molecule has 0 N–H and O–H groups in total. The molecular formula is C23H23N3O4. The molecule has 0 radical (unpaired) electrons. The van der Waals surface area contributed by atoms with E-state index in [2.05, 4.69) is 4.99 Å². The Labute approximate surface area is 175 Å². The summed E-state index contributed by atoms with van der Waals surface area (Å²) in [6.07, 6.45) is 2.69. The summed E-state index contributed by atoms with van der Waals surface area (Å²) in [5.41, 5.74) is 1.72. The fourth-order valence-electron chi connectivity index (χ4n) is 3.42. The van der Waals surface area contributed by atoms with Crippen LogP contribution in [0.1, 0.15) is 17.2 Å². The lowest BCUT2D eigenvalue weighted by Gasteiger charge is -2.34. The third-order valence-electron chi connectivity index (χ3n) is 5.15. The monoisotopic (exact) mass is 405 g/mol. The summed E-state index contributed by atoms with van der Waals surface area (Å²) in [5, 5.41) is 0. The smallest absolute Gasteiger partial charge is 0.296 e. The maximum absolute atomic E-state index is 12.5. The van der Waals surface area contributed by atoms with Crippen LogP contribution >= 0.6 is 0 Å². The van der Waals surface area contributed by atoms with Gasteiger partial charge >= 0.3 is 0 Å². The van der Waals surface area contributed by atoms with Crippen molar-refractivity contribution in [3.05, 3.63) is 71.8 Å². The maximum Gasteiger partial charge on any atom is 0.296 e. The third-order valence-corrected chi connectivity index (χ3v) is 5.15. The van der Waals surface area contributed by atoms with Crippen molar-refractivity contribution in [2.45, 2.75) is 6.10 Å². The molecule has 0 aromatic heterocycles. The number of carbonyl (C=O) groups is 2. The molecule has 7 nitrogen and oxygen atoms in total. The molecule has 30 heavy (non-hydrogen) atoms. The molecule has 0 spiro atoms. The fourth-order valence-corrected chi connectivity index (χ4v) is 3.42. The number of hydrogen-bond donors (Lipinski definition) is 0. The van der Waals surface area contributed by atoms with E-state index in [9.17, 15) is 9.59 Å². The number of piperazine rings is 1. The van der Waals surface area contributed by atoms with Crippen molar-refractivity contribution < 1.29 is 19.1 Å². The van der Waals surface area contributed by atoms with Crippen LogP contribution in [0.4, 0.5) is 0 Å². The average molecular weight is 405 g/mol. The van der Waals surface area contributed by atoms with Gasteiger partial charge in [0, 0.05) is 37.8 Å². The molecule has 1 unspecified atom stereocenters.